The van der Waals surface area contributed by atoms with Gasteiger partial charge in [-0.15, -0.1) is 0 Å². The molecule has 0 saturated heterocycles. The Bertz CT molecular complexity index is 641. The average molecular weight is 257 g/mol. The van der Waals surface area contributed by atoms with Gasteiger partial charge >= 0.3 is 0 Å². The Labute approximate surface area is 108 Å². The van der Waals surface area contributed by atoms with Gasteiger partial charge in [0.15, 0.2) is 0 Å². The molecule has 1 unspecified atom stereocenters. The van der Waals surface area contributed by atoms with Gasteiger partial charge in [-0.1, -0.05) is 48.0 Å². The predicted octanol–water partition coefficient (Wildman–Crippen LogP) is 4.07. The second-order valence-electron chi connectivity index (χ2n) is 4.13. The smallest absolute Gasteiger partial charge is 0.0943 e. The molecule has 2 aromatic carbocycles. The maximum atomic E-state index is 12.3. The summed E-state index contributed by atoms with van der Waals surface area (Å²) in [6, 6.07) is 16.8. The van der Waals surface area contributed by atoms with Crippen LogP contribution in [-0.4, -0.2) is 4.21 Å². The van der Waals surface area contributed by atoms with E-state index in [0.717, 1.165) is 11.1 Å². The van der Waals surface area contributed by atoms with Gasteiger partial charge in [-0.25, -0.2) is 8.99 Å². The van der Waals surface area contributed by atoms with Crippen molar-refractivity contribution in [1.29, 1.82) is 4.78 Å². The number of aryl methyl sites for hydroxylation is 1. The van der Waals surface area contributed by atoms with Crippen LogP contribution in [0.1, 0.15) is 11.1 Å². The van der Waals surface area contributed by atoms with Crippen LogP contribution in [-0.2, 0) is 9.73 Å². The Hall–Kier alpha value is -1.87. The number of hydrogen-bond acceptors (Lipinski definition) is 2. The Balaban J connectivity index is 2.28. The third-order valence-corrected chi connectivity index (χ3v) is 4.11. The minimum absolute atomic E-state index is 0.542. The van der Waals surface area contributed by atoms with Gasteiger partial charge in [0.25, 0.3) is 0 Å². The van der Waals surface area contributed by atoms with Gasteiger partial charge in [0, 0.05) is 5.41 Å². The van der Waals surface area contributed by atoms with Crippen molar-refractivity contribution in [2.75, 3.05) is 0 Å². The molecule has 0 aliphatic carbocycles. The zero-order valence-electron chi connectivity index (χ0n) is 10.2. The largest absolute Gasteiger partial charge is 0.245 e. The van der Waals surface area contributed by atoms with Gasteiger partial charge in [0.2, 0.25) is 0 Å². The molecule has 0 fully saturated rings. The molecule has 0 saturated carbocycles. The first-order valence-corrected chi connectivity index (χ1v) is 7.29. The van der Waals surface area contributed by atoms with Crippen LogP contribution in [0.2, 0.25) is 0 Å². The lowest BCUT2D eigenvalue weighted by Crippen LogP contribution is -1.93. The highest BCUT2D eigenvalue weighted by molar-refractivity contribution is 7.95. The predicted molar refractivity (Wildman–Crippen MR) is 75.8 cm³/mol. The van der Waals surface area contributed by atoms with E-state index in [9.17, 15) is 4.21 Å². The molecule has 1 N–H and O–H groups in total. The van der Waals surface area contributed by atoms with Crippen LogP contribution in [0.3, 0.4) is 0 Å². The molecule has 1 atom stereocenters. The molecule has 3 heteroatoms. The normalized spacial score (nSPS) is 14.5. The van der Waals surface area contributed by atoms with Crippen molar-refractivity contribution in [3.8, 4) is 0 Å². The van der Waals surface area contributed by atoms with E-state index in [-0.39, 0.29) is 0 Å². The lowest BCUT2D eigenvalue weighted by Gasteiger charge is -2.02. The molecule has 92 valence electrons. The zero-order valence-corrected chi connectivity index (χ0v) is 11.0. The van der Waals surface area contributed by atoms with Crippen molar-refractivity contribution in [2.45, 2.75) is 11.8 Å². The first-order chi connectivity index (χ1) is 8.58. The van der Waals surface area contributed by atoms with Gasteiger partial charge < -0.3 is 0 Å². The van der Waals surface area contributed by atoms with Crippen molar-refractivity contribution < 1.29 is 4.21 Å². The molecule has 0 heterocycles. The molecule has 0 bridgehead atoms. The van der Waals surface area contributed by atoms with E-state index in [1.54, 1.807) is 18.2 Å². The summed E-state index contributed by atoms with van der Waals surface area (Å²) in [6.07, 6.45) is 1.73. The van der Waals surface area contributed by atoms with E-state index in [1.165, 1.54) is 5.41 Å². The minimum atomic E-state index is -2.86. The summed E-state index contributed by atoms with van der Waals surface area (Å²) in [6.45, 7) is 1.97. The third-order valence-electron chi connectivity index (χ3n) is 2.62. The van der Waals surface area contributed by atoms with E-state index >= 15 is 0 Å². The van der Waals surface area contributed by atoms with E-state index < -0.39 is 9.73 Å². The van der Waals surface area contributed by atoms with Crippen LogP contribution < -0.4 is 0 Å². The summed E-state index contributed by atoms with van der Waals surface area (Å²) < 4.78 is 20.2. The van der Waals surface area contributed by atoms with Crippen molar-refractivity contribution in [3.63, 3.8) is 0 Å². The molecule has 2 nitrogen and oxygen atoms in total. The molecule has 0 aliphatic heterocycles. The van der Waals surface area contributed by atoms with E-state index in [4.69, 9.17) is 4.78 Å². The summed E-state index contributed by atoms with van der Waals surface area (Å²) >= 11 is 0. The van der Waals surface area contributed by atoms with Crippen molar-refractivity contribution in [1.82, 2.24) is 0 Å². The van der Waals surface area contributed by atoms with Crippen molar-refractivity contribution >= 4 is 15.8 Å². The summed E-state index contributed by atoms with van der Waals surface area (Å²) in [5.41, 5.74) is 2.05. The fourth-order valence-electron chi connectivity index (χ4n) is 1.56. The fraction of sp³-hybridized carbons (Fsp3) is 0.0667. The first kappa shape index (κ1) is 12.6. The molecular weight excluding hydrogens is 242 g/mol. The Morgan fingerprint density at radius 1 is 1.00 bits per heavy atom. The van der Waals surface area contributed by atoms with E-state index in [1.807, 2.05) is 49.4 Å². The molecule has 0 aliphatic rings. The van der Waals surface area contributed by atoms with Gasteiger partial charge in [0.1, 0.15) is 0 Å². The Kier molecular flexibility index (Phi) is 3.63. The van der Waals surface area contributed by atoms with Gasteiger partial charge in [-0.3, -0.25) is 0 Å². The molecule has 0 spiro atoms. The van der Waals surface area contributed by atoms with Crippen LogP contribution in [0.15, 0.2) is 64.9 Å². The number of nitrogens with one attached hydrogen (secondary N) is 1. The van der Waals surface area contributed by atoms with Crippen molar-refractivity contribution in [3.05, 3.63) is 71.1 Å². The summed E-state index contributed by atoms with van der Waals surface area (Å²) in [5, 5.41) is 1.47. The topological polar surface area (TPSA) is 40.9 Å². The highest BCUT2D eigenvalue weighted by Gasteiger charge is 2.04. The minimum Gasteiger partial charge on any atom is -0.245 e. The molecule has 0 aromatic heterocycles. The van der Waals surface area contributed by atoms with E-state index in [2.05, 4.69) is 0 Å². The average Bonchev–Trinajstić information content (AvgIpc) is 2.38. The quantitative estimate of drug-likeness (QED) is 0.884. The summed E-state index contributed by atoms with van der Waals surface area (Å²) in [5.74, 6) is 0. The monoisotopic (exact) mass is 257 g/mol. The zero-order chi connectivity index (χ0) is 13.0. The molecule has 2 aromatic rings. The Morgan fingerprint density at radius 3 is 2.22 bits per heavy atom. The fourth-order valence-corrected chi connectivity index (χ4v) is 2.60. The molecular formula is C15H15NOS. The molecule has 0 radical (unpaired) electrons. The van der Waals surface area contributed by atoms with Gasteiger partial charge in [0.05, 0.1) is 14.6 Å². The number of benzene rings is 2. The van der Waals surface area contributed by atoms with Crippen LogP contribution in [0.25, 0.3) is 6.08 Å². The maximum Gasteiger partial charge on any atom is 0.0943 e. The SMILES string of the molecule is Cc1ccc(S(=N)(=O)/C=C/c2ccccc2)cc1. The summed E-state index contributed by atoms with van der Waals surface area (Å²) in [4.78, 5) is 0.542. The second-order valence-corrected chi connectivity index (χ2v) is 6.07. The second kappa shape index (κ2) is 5.19. The van der Waals surface area contributed by atoms with Crippen LogP contribution in [0.5, 0.6) is 0 Å². The number of hydrogen-bond donors (Lipinski definition) is 1. The van der Waals surface area contributed by atoms with Crippen LogP contribution in [0.4, 0.5) is 0 Å². The van der Waals surface area contributed by atoms with Crippen molar-refractivity contribution in [2.24, 2.45) is 0 Å². The number of rotatable bonds is 3. The van der Waals surface area contributed by atoms with E-state index in [0.29, 0.717) is 4.90 Å². The maximum absolute atomic E-state index is 12.3. The molecule has 2 rings (SSSR count). The highest BCUT2D eigenvalue weighted by atomic mass is 32.2. The van der Waals surface area contributed by atoms with Gasteiger partial charge in [-0.2, -0.15) is 0 Å². The van der Waals surface area contributed by atoms with Crippen LogP contribution >= 0.6 is 0 Å². The lowest BCUT2D eigenvalue weighted by molar-refractivity contribution is 0.681. The third kappa shape index (κ3) is 3.08. The molecule has 18 heavy (non-hydrogen) atoms. The summed E-state index contributed by atoms with van der Waals surface area (Å²) in [7, 11) is -2.86. The van der Waals surface area contributed by atoms with Crippen LogP contribution in [0, 0.1) is 11.7 Å². The standard InChI is InChI=1S/C15H15NOS/c1-13-7-9-15(10-8-13)18(16,17)12-11-14-5-3-2-4-6-14/h2-12,16H,1H3/b12-11+. The molecule has 0 amide bonds. The highest BCUT2D eigenvalue weighted by Crippen LogP contribution is 2.15. The first-order valence-electron chi connectivity index (χ1n) is 5.66. The Morgan fingerprint density at radius 2 is 1.61 bits per heavy atom. The lowest BCUT2D eigenvalue weighted by atomic mass is 10.2. The van der Waals surface area contributed by atoms with Gasteiger partial charge in [-0.05, 0) is 30.7 Å².